The monoisotopic (exact) mass is 96.1 g/mol. The van der Waals surface area contributed by atoms with Crippen molar-refractivity contribution in [3.63, 3.8) is 0 Å². The molecule has 0 saturated carbocycles. The van der Waals surface area contributed by atoms with E-state index < -0.39 is 0 Å². The molecule has 0 fully saturated rings. The van der Waals surface area contributed by atoms with Gasteiger partial charge in [0.2, 0.25) is 0 Å². The molecule has 0 atom stereocenters. The topological polar surface area (TPSA) is 14.0 Å². The van der Waals surface area contributed by atoms with Gasteiger partial charge in [-0.15, -0.1) is 0 Å². The molecule has 0 aromatic carbocycles. The second-order valence-corrected chi connectivity index (χ2v) is 1.65. The van der Waals surface area contributed by atoms with Gasteiger partial charge >= 0.3 is 0 Å². The number of rotatable bonds is 0. The van der Waals surface area contributed by atoms with Gasteiger partial charge in [-0.25, -0.2) is 0 Å². The molecule has 0 amide bonds. The predicted octanol–water partition coefficient (Wildman–Crippen LogP) is -0.512. The average Bonchev–Trinajstić information content (AvgIpc) is 1.90. The first-order chi connectivity index (χ1) is 3.50. The number of allylic oxidation sites excluding steroid dienone is 1. The normalized spacial score (nSPS) is 19.4. The summed E-state index contributed by atoms with van der Waals surface area (Å²) in [5.74, 6) is 0. The highest BCUT2D eigenvalue weighted by molar-refractivity contribution is 5.52. The van der Waals surface area contributed by atoms with Crippen molar-refractivity contribution >= 4 is 6.21 Å². The molecule has 0 saturated heterocycles. The smallest absolute Gasteiger partial charge is 0.143 e. The van der Waals surface area contributed by atoms with Crippen molar-refractivity contribution in [2.75, 3.05) is 6.54 Å². The Morgan fingerprint density at radius 2 is 2.29 bits per heavy atom. The van der Waals surface area contributed by atoms with E-state index in [1.165, 1.54) is 6.42 Å². The average molecular weight is 96.2 g/mol. The molecule has 0 aromatic heterocycles. The summed E-state index contributed by atoms with van der Waals surface area (Å²) in [6, 6.07) is 0. The summed E-state index contributed by atoms with van der Waals surface area (Å²) in [6.45, 7) is 1.11. The zero-order valence-corrected chi connectivity index (χ0v) is 4.35. The van der Waals surface area contributed by atoms with Gasteiger partial charge in [0.05, 0.1) is 0 Å². The Kier molecular flexibility index (Phi) is 1.67. The fraction of sp³-hybridized carbons (Fsp3) is 0.500. The van der Waals surface area contributed by atoms with Crippen LogP contribution in [0.4, 0.5) is 0 Å². The molecule has 1 rings (SSSR count). The van der Waals surface area contributed by atoms with E-state index in [0.29, 0.717) is 0 Å². The standard InChI is InChI=1S/C6H9N/c1-2-4-6-7-5-3-1/h1-2,5H,3-4,6H2/p+1. The number of nitrogens with one attached hydrogen (secondary N) is 1. The van der Waals surface area contributed by atoms with Gasteiger partial charge in [-0.05, 0) is 0 Å². The van der Waals surface area contributed by atoms with E-state index in [4.69, 9.17) is 0 Å². The Bertz CT molecular complexity index is 80.4. The third-order valence-electron chi connectivity index (χ3n) is 1.02. The summed E-state index contributed by atoms with van der Waals surface area (Å²) in [6.07, 6.45) is 8.73. The zero-order valence-electron chi connectivity index (χ0n) is 4.35. The number of hydrogen-bond acceptors (Lipinski definition) is 0. The van der Waals surface area contributed by atoms with Gasteiger partial charge in [0, 0.05) is 12.8 Å². The minimum Gasteiger partial charge on any atom is -0.251 e. The van der Waals surface area contributed by atoms with Crippen molar-refractivity contribution < 1.29 is 4.99 Å². The molecule has 0 aliphatic carbocycles. The van der Waals surface area contributed by atoms with Gasteiger partial charge in [0.15, 0.2) is 0 Å². The minimum atomic E-state index is 1.08. The van der Waals surface area contributed by atoms with Crippen molar-refractivity contribution in [3.8, 4) is 0 Å². The third kappa shape index (κ3) is 1.53. The van der Waals surface area contributed by atoms with Crippen LogP contribution in [0.5, 0.6) is 0 Å². The molecule has 0 radical (unpaired) electrons. The largest absolute Gasteiger partial charge is 0.251 e. The van der Waals surface area contributed by atoms with Crippen LogP contribution in [0.2, 0.25) is 0 Å². The molecular formula is C6H10N+. The molecule has 1 N–H and O–H groups in total. The Hall–Kier alpha value is -0.590. The fourth-order valence-electron chi connectivity index (χ4n) is 0.634. The molecule has 0 bridgehead atoms. The van der Waals surface area contributed by atoms with E-state index in [1.54, 1.807) is 0 Å². The van der Waals surface area contributed by atoms with Crippen LogP contribution in [-0.4, -0.2) is 12.8 Å². The summed E-state index contributed by atoms with van der Waals surface area (Å²) >= 11 is 0. The third-order valence-corrected chi connectivity index (χ3v) is 1.02. The van der Waals surface area contributed by atoms with Crippen LogP contribution in [0, 0.1) is 0 Å². The van der Waals surface area contributed by atoms with Gasteiger partial charge in [0.25, 0.3) is 0 Å². The van der Waals surface area contributed by atoms with E-state index in [2.05, 4.69) is 23.4 Å². The molecule has 38 valence electrons. The molecule has 1 nitrogen and oxygen atoms in total. The first kappa shape index (κ1) is 4.57. The first-order valence-electron chi connectivity index (χ1n) is 2.70. The van der Waals surface area contributed by atoms with E-state index >= 15 is 0 Å². The predicted molar refractivity (Wildman–Crippen MR) is 30.3 cm³/mol. The van der Waals surface area contributed by atoms with Gasteiger partial charge in [0.1, 0.15) is 12.8 Å². The summed E-state index contributed by atoms with van der Waals surface area (Å²) in [4.78, 5) is 3.16. The fourth-order valence-corrected chi connectivity index (χ4v) is 0.634. The second kappa shape index (κ2) is 2.56. The highest BCUT2D eigenvalue weighted by Crippen LogP contribution is 1.81. The Morgan fingerprint density at radius 1 is 1.29 bits per heavy atom. The lowest BCUT2D eigenvalue weighted by atomic mass is 10.4. The van der Waals surface area contributed by atoms with Crippen molar-refractivity contribution in [1.29, 1.82) is 0 Å². The Balaban J connectivity index is 2.38. The summed E-state index contributed by atoms with van der Waals surface area (Å²) in [7, 11) is 0. The summed E-state index contributed by atoms with van der Waals surface area (Å²) in [5, 5.41) is 0. The maximum absolute atomic E-state index is 3.16. The maximum Gasteiger partial charge on any atom is 0.143 e. The van der Waals surface area contributed by atoms with Crippen LogP contribution < -0.4 is 4.99 Å². The van der Waals surface area contributed by atoms with E-state index in [-0.39, 0.29) is 0 Å². The molecule has 0 unspecified atom stereocenters. The van der Waals surface area contributed by atoms with Crippen molar-refractivity contribution in [3.05, 3.63) is 12.2 Å². The molecule has 1 heteroatoms. The van der Waals surface area contributed by atoms with Gasteiger partial charge in [-0.3, -0.25) is 4.99 Å². The minimum absolute atomic E-state index is 1.08. The van der Waals surface area contributed by atoms with E-state index in [9.17, 15) is 0 Å². The molecule has 0 spiro atoms. The Morgan fingerprint density at radius 3 is 3.29 bits per heavy atom. The van der Waals surface area contributed by atoms with E-state index in [1.807, 2.05) is 0 Å². The first-order valence-corrected chi connectivity index (χ1v) is 2.70. The van der Waals surface area contributed by atoms with Gasteiger partial charge in [-0.1, -0.05) is 12.2 Å². The van der Waals surface area contributed by atoms with Gasteiger partial charge < -0.3 is 0 Å². The molecule has 1 heterocycles. The molecular weight excluding hydrogens is 86.1 g/mol. The lowest BCUT2D eigenvalue weighted by Gasteiger charge is -1.71. The van der Waals surface area contributed by atoms with Crippen molar-refractivity contribution in [2.24, 2.45) is 0 Å². The highest BCUT2D eigenvalue weighted by atomic mass is 14.7. The second-order valence-electron chi connectivity index (χ2n) is 1.65. The lowest BCUT2D eigenvalue weighted by molar-refractivity contribution is -0.450. The molecule has 1 aliphatic rings. The van der Waals surface area contributed by atoms with Crippen LogP contribution >= 0.6 is 0 Å². The molecule has 0 aromatic rings. The zero-order chi connectivity index (χ0) is 4.95. The van der Waals surface area contributed by atoms with Gasteiger partial charge in [-0.2, -0.15) is 0 Å². The van der Waals surface area contributed by atoms with E-state index in [0.717, 1.165) is 13.0 Å². The SMILES string of the molecule is C1=CCC[NH+]=CC1. The molecule has 7 heavy (non-hydrogen) atoms. The van der Waals surface area contributed by atoms with Crippen molar-refractivity contribution in [1.82, 2.24) is 0 Å². The summed E-state index contributed by atoms with van der Waals surface area (Å²) in [5.41, 5.74) is 0. The maximum atomic E-state index is 3.16. The Labute approximate surface area is 43.8 Å². The van der Waals surface area contributed by atoms with Crippen LogP contribution in [-0.2, 0) is 0 Å². The molecule has 1 aliphatic heterocycles. The van der Waals surface area contributed by atoms with Crippen molar-refractivity contribution in [2.45, 2.75) is 12.8 Å². The van der Waals surface area contributed by atoms with Crippen LogP contribution in [0.25, 0.3) is 0 Å². The van der Waals surface area contributed by atoms with Crippen LogP contribution in [0.15, 0.2) is 12.2 Å². The summed E-state index contributed by atoms with van der Waals surface area (Å²) < 4.78 is 0. The lowest BCUT2D eigenvalue weighted by Crippen LogP contribution is -2.68. The quantitative estimate of drug-likeness (QED) is 0.390. The highest BCUT2D eigenvalue weighted by Gasteiger charge is 1.85. The number of hydrogen-bond donors (Lipinski definition) is 1. The van der Waals surface area contributed by atoms with Crippen LogP contribution in [0.3, 0.4) is 0 Å². The van der Waals surface area contributed by atoms with Crippen LogP contribution in [0.1, 0.15) is 12.8 Å².